The lowest BCUT2D eigenvalue weighted by Crippen LogP contribution is -2.18. The monoisotopic (exact) mass is 269 g/mol. The zero-order valence-corrected chi connectivity index (χ0v) is 8.54. The van der Waals surface area contributed by atoms with Gasteiger partial charge in [0.05, 0.1) is 35.4 Å². The van der Waals surface area contributed by atoms with Crippen molar-refractivity contribution in [3.63, 3.8) is 0 Å². The molecule has 0 aliphatic carbocycles. The number of hydrogen-bond acceptors (Lipinski definition) is 2. The van der Waals surface area contributed by atoms with Crippen molar-refractivity contribution in [2.24, 2.45) is 0 Å². The quantitative estimate of drug-likeness (QED) is 0.457. The highest BCUT2D eigenvalue weighted by molar-refractivity contribution is 14.1. The SMILES string of the molecule is CC/C=C/C(O)CC(=O)NI. The Hall–Kier alpha value is -0.100. The number of aliphatic hydroxyl groups is 1. The van der Waals surface area contributed by atoms with E-state index in [4.69, 9.17) is 5.11 Å². The highest BCUT2D eigenvalue weighted by Crippen LogP contribution is 1.95. The molecule has 4 heteroatoms. The molecule has 0 spiro atoms. The molecule has 0 aliphatic rings. The minimum Gasteiger partial charge on any atom is -0.389 e. The molecule has 3 nitrogen and oxygen atoms in total. The molecular formula is C7H12INO2. The first-order valence-corrected chi connectivity index (χ1v) is 4.52. The van der Waals surface area contributed by atoms with Crippen molar-refractivity contribution in [2.45, 2.75) is 25.9 Å². The Morgan fingerprint density at radius 2 is 2.45 bits per heavy atom. The largest absolute Gasteiger partial charge is 0.389 e. The van der Waals surface area contributed by atoms with Crippen LogP contribution in [-0.4, -0.2) is 17.1 Å². The Balaban J connectivity index is 3.59. The lowest BCUT2D eigenvalue weighted by atomic mass is 10.2. The first-order chi connectivity index (χ1) is 5.20. The van der Waals surface area contributed by atoms with Crippen LogP contribution in [0.2, 0.25) is 0 Å². The van der Waals surface area contributed by atoms with E-state index in [1.54, 1.807) is 28.9 Å². The predicted octanol–water partition coefficient (Wildman–Crippen LogP) is 1.17. The third-order valence-electron chi connectivity index (χ3n) is 1.09. The Kier molecular flexibility index (Phi) is 6.54. The summed E-state index contributed by atoms with van der Waals surface area (Å²) >= 11 is 1.75. The maximum atomic E-state index is 10.7. The fourth-order valence-electron chi connectivity index (χ4n) is 0.590. The van der Waals surface area contributed by atoms with Crippen LogP contribution in [0.3, 0.4) is 0 Å². The third kappa shape index (κ3) is 6.30. The van der Waals surface area contributed by atoms with Crippen molar-refractivity contribution in [1.82, 2.24) is 3.53 Å². The summed E-state index contributed by atoms with van der Waals surface area (Å²) in [5.41, 5.74) is 0. The highest BCUT2D eigenvalue weighted by Gasteiger charge is 2.04. The second-order valence-electron chi connectivity index (χ2n) is 2.13. The van der Waals surface area contributed by atoms with Crippen molar-refractivity contribution in [3.8, 4) is 0 Å². The first-order valence-electron chi connectivity index (χ1n) is 3.45. The van der Waals surface area contributed by atoms with Crippen LogP contribution < -0.4 is 3.53 Å². The Bertz CT molecular complexity index is 147. The van der Waals surface area contributed by atoms with E-state index in [1.165, 1.54) is 0 Å². The second kappa shape index (κ2) is 6.60. The summed E-state index contributed by atoms with van der Waals surface area (Å²) < 4.78 is 2.41. The predicted molar refractivity (Wildman–Crippen MR) is 52.2 cm³/mol. The number of halogens is 1. The summed E-state index contributed by atoms with van der Waals surface area (Å²) in [6.45, 7) is 1.97. The van der Waals surface area contributed by atoms with E-state index in [9.17, 15) is 4.79 Å². The molecule has 1 unspecified atom stereocenters. The van der Waals surface area contributed by atoms with Crippen LogP contribution in [0.15, 0.2) is 12.2 Å². The third-order valence-corrected chi connectivity index (χ3v) is 1.70. The molecule has 64 valence electrons. The molecule has 0 aromatic heterocycles. The molecule has 2 N–H and O–H groups in total. The number of amides is 1. The minimum atomic E-state index is -0.648. The zero-order chi connectivity index (χ0) is 8.69. The summed E-state index contributed by atoms with van der Waals surface area (Å²) in [6.07, 6.45) is 3.84. The van der Waals surface area contributed by atoms with E-state index < -0.39 is 6.10 Å². The zero-order valence-electron chi connectivity index (χ0n) is 6.38. The van der Waals surface area contributed by atoms with E-state index in [0.717, 1.165) is 6.42 Å². The van der Waals surface area contributed by atoms with Gasteiger partial charge in [-0.25, -0.2) is 0 Å². The number of nitrogens with one attached hydrogen (secondary N) is 1. The number of allylic oxidation sites excluding steroid dienone is 1. The van der Waals surface area contributed by atoms with Gasteiger partial charge in [-0.15, -0.1) is 0 Å². The molecule has 0 radical (unpaired) electrons. The molecular weight excluding hydrogens is 257 g/mol. The van der Waals surface area contributed by atoms with Crippen molar-refractivity contribution in [2.75, 3.05) is 0 Å². The molecule has 0 bridgehead atoms. The Labute approximate surface area is 80.4 Å². The highest BCUT2D eigenvalue weighted by atomic mass is 127. The Morgan fingerprint density at radius 3 is 2.91 bits per heavy atom. The summed E-state index contributed by atoms with van der Waals surface area (Å²) in [6, 6.07) is 0. The average Bonchev–Trinajstić information content (AvgIpc) is 2.00. The van der Waals surface area contributed by atoms with Gasteiger partial charge in [-0.2, -0.15) is 0 Å². The van der Waals surface area contributed by atoms with Crippen LogP contribution in [0.1, 0.15) is 19.8 Å². The standard InChI is InChI=1S/C7H12INO2/c1-2-3-4-6(10)5-7(11)9-8/h3-4,6,10H,2,5H2,1H3,(H,9,11)/b4-3+. The van der Waals surface area contributed by atoms with Gasteiger partial charge in [0.2, 0.25) is 5.91 Å². The molecule has 0 aromatic rings. The van der Waals surface area contributed by atoms with Gasteiger partial charge in [-0.1, -0.05) is 19.1 Å². The fraction of sp³-hybridized carbons (Fsp3) is 0.571. The molecule has 0 heterocycles. The van der Waals surface area contributed by atoms with Gasteiger partial charge in [-0.3, -0.25) is 8.32 Å². The lowest BCUT2D eigenvalue weighted by molar-refractivity contribution is -0.120. The number of rotatable bonds is 4. The van der Waals surface area contributed by atoms with Crippen LogP contribution in [0.4, 0.5) is 0 Å². The minimum absolute atomic E-state index is 0.138. The Morgan fingerprint density at radius 1 is 1.82 bits per heavy atom. The van der Waals surface area contributed by atoms with E-state index >= 15 is 0 Å². The van der Waals surface area contributed by atoms with E-state index in [1.807, 2.05) is 13.0 Å². The van der Waals surface area contributed by atoms with Crippen molar-refractivity contribution >= 4 is 28.8 Å². The van der Waals surface area contributed by atoms with Gasteiger partial charge in [0, 0.05) is 0 Å². The van der Waals surface area contributed by atoms with Crippen LogP contribution in [0.5, 0.6) is 0 Å². The van der Waals surface area contributed by atoms with Crippen LogP contribution in [0, 0.1) is 0 Å². The van der Waals surface area contributed by atoms with Gasteiger partial charge in [0.1, 0.15) is 0 Å². The van der Waals surface area contributed by atoms with Crippen molar-refractivity contribution in [3.05, 3.63) is 12.2 Å². The first kappa shape index (κ1) is 10.9. The number of aliphatic hydroxyl groups excluding tert-OH is 1. The van der Waals surface area contributed by atoms with E-state index in [0.29, 0.717) is 0 Å². The normalized spacial score (nSPS) is 13.4. The number of carbonyl (C=O) groups excluding carboxylic acids is 1. The second-order valence-corrected chi connectivity index (χ2v) is 2.66. The molecule has 0 saturated heterocycles. The van der Waals surface area contributed by atoms with Gasteiger partial charge in [0.25, 0.3) is 0 Å². The summed E-state index contributed by atoms with van der Waals surface area (Å²) in [4.78, 5) is 10.7. The van der Waals surface area contributed by atoms with Crippen molar-refractivity contribution < 1.29 is 9.90 Å². The number of hydrogen-bond donors (Lipinski definition) is 2. The van der Waals surface area contributed by atoms with Gasteiger partial charge >= 0.3 is 0 Å². The van der Waals surface area contributed by atoms with Crippen LogP contribution in [-0.2, 0) is 4.79 Å². The van der Waals surface area contributed by atoms with Gasteiger partial charge in [-0.05, 0) is 6.42 Å². The maximum Gasteiger partial charge on any atom is 0.231 e. The lowest BCUT2D eigenvalue weighted by Gasteiger charge is -2.01. The molecule has 0 fully saturated rings. The number of carbonyl (C=O) groups is 1. The van der Waals surface area contributed by atoms with Crippen molar-refractivity contribution in [1.29, 1.82) is 0 Å². The van der Waals surface area contributed by atoms with Gasteiger partial charge < -0.3 is 5.11 Å². The molecule has 0 aromatic carbocycles. The smallest absolute Gasteiger partial charge is 0.231 e. The molecule has 1 atom stereocenters. The molecule has 0 rings (SSSR count). The molecule has 0 saturated carbocycles. The molecule has 1 amide bonds. The topological polar surface area (TPSA) is 49.3 Å². The summed E-state index contributed by atoms with van der Waals surface area (Å²) in [7, 11) is 0. The summed E-state index contributed by atoms with van der Waals surface area (Å²) in [5.74, 6) is -0.154. The molecule has 0 aliphatic heterocycles. The fourth-order valence-corrected chi connectivity index (χ4v) is 0.810. The van der Waals surface area contributed by atoms with Gasteiger partial charge in [0.15, 0.2) is 0 Å². The van der Waals surface area contributed by atoms with E-state index in [2.05, 4.69) is 3.53 Å². The maximum absolute atomic E-state index is 10.7. The summed E-state index contributed by atoms with van der Waals surface area (Å²) in [5, 5.41) is 9.13. The van der Waals surface area contributed by atoms with E-state index in [-0.39, 0.29) is 12.3 Å². The van der Waals surface area contributed by atoms with Crippen LogP contribution in [0.25, 0.3) is 0 Å². The van der Waals surface area contributed by atoms with Crippen LogP contribution >= 0.6 is 22.9 Å². The average molecular weight is 269 g/mol. The molecule has 11 heavy (non-hydrogen) atoms.